The first-order valence-corrected chi connectivity index (χ1v) is 12.8. The fourth-order valence-corrected chi connectivity index (χ4v) is 4.96. The molecule has 1 amide bonds. The summed E-state index contributed by atoms with van der Waals surface area (Å²) >= 11 is 0. The Hall–Kier alpha value is -4.44. The van der Waals surface area contributed by atoms with Crippen molar-refractivity contribution in [3.8, 4) is 22.6 Å². The van der Waals surface area contributed by atoms with Crippen molar-refractivity contribution in [2.24, 2.45) is 0 Å². The number of likely N-dealkylation sites (N-methyl/N-ethyl adjacent to an activating group) is 1. The monoisotopic (exact) mass is 530 g/mol. The summed E-state index contributed by atoms with van der Waals surface area (Å²) in [6.45, 7) is 1.75. The number of rotatable bonds is 7. The number of H-pyrrole nitrogens is 1. The van der Waals surface area contributed by atoms with E-state index < -0.39 is 11.4 Å². The van der Waals surface area contributed by atoms with Gasteiger partial charge < -0.3 is 24.8 Å². The lowest BCUT2D eigenvalue weighted by Gasteiger charge is -2.33. The molecule has 0 spiro atoms. The van der Waals surface area contributed by atoms with Crippen LogP contribution in [0.25, 0.3) is 22.0 Å². The van der Waals surface area contributed by atoms with Crippen molar-refractivity contribution >= 4 is 22.6 Å². The third-order valence-electron chi connectivity index (χ3n) is 6.83. The molecule has 4 aromatic rings. The SMILES string of the molecule is CN(C)C/C=C/C(=O)N1CCC[C@@H](n2cc(-c3ccc(Oc4ccccc4)c(F)c3)c3c(N)n[nH]c(=O)c32)C1. The molecule has 1 fully saturated rings. The molecular weight excluding hydrogens is 499 g/mol. The van der Waals surface area contributed by atoms with Crippen molar-refractivity contribution in [3.63, 3.8) is 0 Å². The normalized spacial score (nSPS) is 15.9. The lowest BCUT2D eigenvalue weighted by atomic mass is 10.1. The molecular formula is C29H31FN6O3. The van der Waals surface area contributed by atoms with E-state index in [9.17, 15) is 9.59 Å². The number of para-hydroxylation sites is 1. The Morgan fingerprint density at radius 1 is 1.26 bits per heavy atom. The number of benzene rings is 2. The average Bonchev–Trinajstić information content (AvgIpc) is 3.34. The van der Waals surface area contributed by atoms with Crippen molar-refractivity contribution in [1.82, 2.24) is 24.6 Å². The van der Waals surface area contributed by atoms with Crippen LogP contribution in [0.3, 0.4) is 0 Å². The number of aromatic nitrogens is 3. The van der Waals surface area contributed by atoms with Crippen molar-refractivity contribution < 1.29 is 13.9 Å². The Morgan fingerprint density at radius 3 is 2.79 bits per heavy atom. The maximum absolute atomic E-state index is 15.2. The van der Waals surface area contributed by atoms with Gasteiger partial charge in [-0.3, -0.25) is 9.59 Å². The van der Waals surface area contributed by atoms with Crippen molar-refractivity contribution in [3.05, 3.63) is 83.1 Å². The number of nitrogen functional groups attached to an aromatic ring is 1. The third-order valence-corrected chi connectivity index (χ3v) is 6.83. The Kier molecular flexibility index (Phi) is 7.47. The van der Waals surface area contributed by atoms with Gasteiger partial charge in [0.15, 0.2) is 17.4 Å². The largest absolute Gasteiger partial charge is 0.454 e. The number of carbonyl (C=O) groups is 1. The maximum atomic E-state index is 15.2. The van der Waals surface area contributed by atoms with E-state index in [1.807, 2.05) is 54.0 Å². The second-order valence-corrected chi connectivity index (χ2v) is 9.92. The van der Waals surface area contributed by atoms with Gasteiger partial charge in [0.1, 0.15) is 11.3 Å². The summed E-state index contributed by atoms with van der Waals surface area (Å²) in [4.78, 5) is 29.6. The van der Waals surface area contributed by atoms with Crippen LogP contribution in [0.5, 0.6) is 11.5 Å². The van der Waals surface area contributed by atoms with Crippen LogP contribution in [0.4, 0.5) is 10.2 Å². The fraction of sp³-hybridized carbons (Fsp3) is 0.276. The second-order valence-electron chi connectivity index (χ2n) is 9.92. The molecule has 1 saturated heterocycles. The number of fused-ring (bicyclic) bond motifs is 1. The zero-order valence-electron chi connectivity index (χ0n) is 21.9. The first-order chi connectivity index (χ1) is 18.8. The van der Waals surface area contributed by atoms with Gasteiger partial charge in [0.2, 0.25) is 5.91 Å². The Labute approximate surface area is 225 Å². The quantitative estimate of drug-likeness (QED) is 0.347. The van der Waals surface area contributed by atoms with E-state index in [-0.39, 0.29) is 23.5 Å². The van der Waals surface area contributed by atoms with Gasteiger partial charge in [-0.25, -0.2) is 9.49 Å². The van der Waals surface area contributed by atoms with Gasteiger partial charge in [-0.15, -0.1) is 0 Å². The molecule has 2 aromatic carbocycles. The van der Waals surface area contributed by atoms with Crippen molar-refractivity contribution in [2.75, 3.05) is 39.5 Å². The zero-order valence-corrected chi connectivity index (χ0v) is 21.9. The van der Waals surface area contributed by atoms with E-state index in [4.69, 9.17) is 10.5 Å². The van der Waals surface area contributed by atoms with Gasteiger partial charge in [-0.05, 0) is 56.8 Å². The van der Waals surface area contributed by atoms with E-state index in [1.165, 1.54) is 6.07 Å². The molecule has 5 rings (SSSR count). The van der Waals surface area contributed by atoms with Gasteiger partial charge in [-0.2, -0.15) is 5.10 Å². The van der Waals surface area contributed by atoms with Crippen molar-refractivity contribution in [2.45, 2.75) is 18.9 Å². The number of carbonyl (C=O) groups excluding carboxylic acids is 1. The number of amides is 1. The van der Waals surface area contributed by atoms with Gasteiger partial charge >= 0.3 is 0 Å². The lowest BCUT2D eigenvalue weighted by Crippen LogP contribution is -2.40. The first-order valence-electron chi connectivity index (χ1n) is 12.8. The topological polar surface area (TPSA) is 109 Å². The molecule has 1 aliphatic heterocycles. The molecule has 0 saturated carbocycles. The van der Waals surface area contributed by atoms with Crippen LogP contribution in [0, 0.1) is 5.82 Å². The summed E-state index contributed by atoms with van der Waals surface area (Å²) in [5, 5.41) is 6.88. The minimum atomic E-state index is -0.549. The lowest BCUT2D eigenvalue weighted by molar-refractivity contribution is -0.127. The number of likely N-dealkylation sites (tertiary alicyclic amines) is 1. The number of aromatic amines is 1. The van der Waals surface area contributed by atoms with Gasteiger partial charge in [0.25, 0.3) is 5.56 Å². The van der Waals surface area contributed by atoms with Crippen LogP contribution in [0.15, 0.2) is 71.7 Å². The Bertz CT molecular complexity index is 1580. The second kappa shape index (κ2) is 11.1. The highest BCUT2D eigenvalue weighted by Crippen LogP contribution is 2.37. The predicted octanol–water partition coefficient (Wildman–Crippen LogP) is 4.19. The van der Waals surface area contributed by atoms with Crippen LogP contribution >= 0.6 is 0 Å². The summed E-state index contributed by atoms with van der Waals surface area (Å²) in [5.74, 6) is 0.130. The third kappa shape index (κ3) is 5.56. The molecule has 0 unspecified atom stereocenters. The zero-order chi connectivity index (χ0) is 27.5. The molecule has 39 heavy (non-hydrogen) atoms. The van der Waals surface area contributed by atoms with Crippen LogP contribution in [0.1, 0.15) is 18.9 Å². The molecule has 0 bridgehead atoms. The summed E-state index contributed by atoms with van der Waals surface area (Å²) in [6, 6.07) is 13.5. The first kappa shape index (κ1) is 26.2. The highest BCUT2D eigenvalue weighted by molar-refractivity contribution is 6.02. The number of anilines is 1. The standard InChI is InChI=1S/C29H31FN6O3/c1-34(2)14-7-11-25(37)35-15-6-8-20(17-35)36-18-22(26-27(36)29(38)33-32-28(26)31)19-12-13-24(23(30)16-19)39-21-9-4-3-5-10-21/h3-5,7,9-13,16,18,20H,6,8,14-15,17H2,1-2H3,(H2,31,32)(H,33,38)/b11-7+/t20-/m1/s1. The molecule has 3 heterocycles. The van der Waals surface area contributed by atoms with E-state index >= 15 is 4.39 Å². The summed E-state index contributed by atoms with van der Waals surface area (Å²) < 4.78 is 22.7. The number of piperidine rings is 1. The smallest absolute Gasteiger partial charge is 0.288 e. The molecule has 2 aromatic heterocycles. The molecule has 0 aliphatic carbocycles. The minimum Gasteiger partial charge on any atom is -0.454 e. The maximum Gasteiger partial charge on any atom is 0.288 e. The van der Waals surface area contributed by atoms with E-state index in [1.54, 1.807) is 35.2 Å². The molecule has 1 atom stereocenters. The number of ether oxygens (including phenoxy) is 1. The summed E-state index contributed by atoms with van der Waals surface area (Å²) in [6.07, 6.45) is 6.80. The molecule has 9 nitrogen and oxygen atoms in total. The Balaban J connectivity index is 1.49. The number of nitrogens with zero attached hydrogens (tertiary/aromatic N) is 4. The van der Waals surface area contributed by atoms with Crippen LogP contribution in [0.2, 0.25) is 0 Å². The summed E-state index contributed by atoms with van der Waals surface area (Å²) in [5.41, 5.74) is 7.31. The fourth-order valence-electron chi connectivity index (χ4n) is 4.96. The molecule has 1 aliphatic rings. The highest BCUT2D eigenvalue weighted by Gasteiger charge is 2.28. The van der Waals surface area contributed by atoms with E-state index in [0.717, 1.165) is 12.8 Å². The predicted molar refractivity (Wildman–Crippen MR) is 149 cm³/mol. The minimum absolute atomic E-state index is 0.0654. The molecule has 0 radical (unpaired) electrons. The molecule has 3 N–H and O–H groups in total. The van der Waals surface area contributed by atoms with Gasteiger partial charge in [-0.1, -0.05) is 30.3 Å². The van der Waals surface area contributed by atoms with E-state index in [0.29, 0.717) is 47.4 Å². The molecule has 202 valence electrons. The van der Waals surface area contributed by atoms with Gasteiger partial charge in [0.05, 0.1) is 11.4 Å². The van der Waals surface area contributed by atoms with Crippen LogP contribution < -0.4 is 16.0 Å². The highest BCUT2D eigenvalue weighted by atomic mass is 19.1. The number of hydrogen-bond donors (Lipinski definition) is 2. The number of nitrogens with one attached hydrogen (secondary N) is 1. The molecule has 10 heteroatoms. The van der Waals surface area contributed by atoms with Crippen LogP contribution in [-0.4, -0.2) is 64.2 Å². The Morgan fingerprint density at radius 2 is 2.05 bits per heavy atom. The van der Waals surface area contributed by atoms with Crippen molar-refractivity contribution in [1.29, 1.82) is 0 Å². The average molecular weight is 531 g/mol. The van der Waals surface area contributed by atoms with Gasteiger partial charge in [0, 0.05) is 37.5 Å². The summed E-state index contributed by atoms with van der Waals surface area (Å²) in [7, 11) is 3.88. The van der Waals surface area contributed by atoms with E-state index in [2.05, 4.69) is 10.2 Å². The van der Waals surface area contributed by atoms with Crippen LogP contribution in [-0.2, 0) is 4.79 Å². The number of hydrogen-bond acceptors (Lipinski definition) is 6. The number of nitrogens with two attached hydrogens (primary N) is 1. The number of halogens is 1.